The van der Waals surface area contributed by atoms with Crippen molar-refractivity contribution in [3.8, 4) is 0 Å². The van der Waals surface area contributed by atoms with Gasteiger partial charge in [0.1, 0.15) is 22.4 Å². The van der Waals surface area contributed by atoms with Crippen LogP contribution in [-0.2, 0) is 38.1 Å². The van der Waals surface area contributed by atoms with Crippen molar-refractivity contribution in [2.24, 2.45) is 0 Å². The molecule has 4 rings (SSSR count). The third kappa shape index (κ3) is 14.9. The van der Waals surface area contributed by atoms with Gasteiger partial charge in [-0.05, 0) is 143 Å². The topological polar surface area (TPSA) is 105 Å². The normalized spacial score (nSPS) is 20.5. The van der Waals surface area contributed by atoms with Crippen molar-refractivity contribution in [2.75, 3.05) is 0 Å². The molecule has 0 saturated heterocycles. The second-order valence-corrected chi connectivity index (χ2v) is 14.4. The summed E-state index contributed by atoms with van der Waals surface area (Å²) in [7, 11) is 0. The second kappa shape index (κ2) is 20.4. The molecule has 4 saturated carbocycles. The smallest absolute Gasteiger partial charge is 0.333 e. The molecule has 0 radical (unpaired) electrons. The van der Waals surface area contributed by atoms with Crippen LogP contribution in [0.1, 0.15) is 157 Å². The first kappa shape index (κ1) is 42.9. The molecule has 0 heterocycles. The Hall–Kier alpha value is -3.16. The Morgan fingerprint density at radius 3 is 1.15 bits per heavy atom. The molecule has 0 N–H and O–H groups in total. The predicted molar refractivity (Wildman–Crippen MR) is 191 cm³/mol. The van der Waals surface area contributed by atoms with Crippen molar-refractivity contribution < 1.29 is 38.1 Å². The van der Waals surface area contributed by atoms with Gasteiger partial charge in [-0.15, -0.1) is 0 Å². The fourth-order valence-corrected chi connectivity index (χ4v) is 6.68. The number of carbonyl (C=O) groups excluding carboxylic acids is 4. The molecule has 8 heteroatoms. The van der Waals surface area contributed by atoms with Crippen LogP contribution in [0.2, 0.25) is 0 Å². The maximum Gasteiger partial charge on any atom is 0.333 e. The highest BCUT2D eigenvalue weighted by Gasteiger charge is 2.37. The van der Waals surface area contributed by atoms with E-state index in [4.69, 9.17) is 18.9 Å². The Bertz CT molecular complexity index is 1110. The minimum Gasteiger partial charge on any atom is -0.456 e. The summed E-state index contributed by atoms with van der Waals surface area (Å²) < 4.78 is 21.3. The van der Waals surface area contributed by atoms with Crippen molar-refractivity contribution >= 4 is 23.9 Å². The van der Waals surface area contributed by atoms with Crippen molar-refractivity contribution in [1.82, 2.24) is 0 Å². The lowest BCUT2D eigenvalue weighted by Crippen LogP contribution is -2.31. The first-order chi connectivity index (χ1) is 22.5. The molecule has 0 spiro atoms. The van der Waals surface area contributed by atoms with Gasteiger partial charge in [0, 0.05) is 23.3 Å². The molecular weight excluding hydrogens is 608 g/mol. The second-order valence-electron chi connectivity index (χ2n) is 14.4. The van der Waals surface area contributed by atoms with Gasteiger partial charge in [-0.1, -0.05) is 40.2 Å². The Morgan fingerprint density at radius 2 is 0.812 bits per heavy atom. The number of hydrogen-bond donors (Lipinski definition) is 0. The molecule has 4 aliphatic carbocycles. The predicted octanol–water partition coefficient (Wildman–Crippen LogP) is 9.75. The SMILES string of the molecule is C=C(C)C(=O)OC1(C)CCCC1.C=C(C)C(=O)OC1(CC)CCCC1.C=CC(=O)OC1(C)CCCC1.C=CC(=O)OC1(CC)CCCC1. The van der Waals surface area contributed by atoms with Crippen LogP contribution < -0.4 is 0 Å². The maximum absolute atomic E-state index is 11.3. The van der Waals surface area contributed by atoms with Gasteiger partial charge in [-0.2, -0.15) is 0 Å². The van der Waals surface area contributed by atoms with Crippen molar-refractivity contribution in [3.05, 3.63) is 49.6 Å². The summed E-state index contributed by atoms with van der Waals surface area (Å²) in [6.07, 6.45) is 21.7. The molecule has 48 heavy (non-hydrogen) atoms. The molecular formula is C40H64O8. The molecule has 0 amide bonds. The molecule has 4 fully saturated rings. The van der Waals surface area contributed by atoms with Gasteiger partial charge < -0.3 is 18.9 Å². The van der Waals surface area contributed by atoms with Gasteiger partial charge in [0.05, 0.1) is 0 Å². The third-order valence-corrected chi connectivity index (χ3v) is 9.98. The minimum absolute atomic E-state index is 0.161. The summed E-state index contributed by atoms with van der Waals surface area (Å²) in [5.74, 6) is -1.06. The average molecular weight is 673 g/mol. The van der Waals surface area contributed by atoms with E-state index in [-0.39, 0.29) is 46.3 Å². The highest BCUT2D eigenvalue weighted by atomic mass is 16.6. The summed E-state index contributed by atoms with van der Waals surface area (Å²) in [4.78, 5) is 44.3. The summed E-state index contributed by atoms with van der Waals surface area (Å²) in [6.45, 7) is 25.4. The van der Waals surface area contributed by atoms with E-state index in [1.165, 1.54) is 63.5 Å². The summed E-state index contributed by atoms with van der Waals surface area (Å²) in [5.41, 5.74) is 0.241. The minimum atomic E-state index is -0.297. The highest BCUT2D eigenvalue weighted by molar-refractivity contribution is 5.87. The van der Waals surface area contributed by atoms with E-state index in [1.54, 1.807) is 13.8 Å². The number of carbonyl (C=O) groups is 4. The van der Waals surface area contributed by atoms with Crippen LogP contribution in [0, 0.1) is 0 Å². The quantitative estimate of drug-likeness (QED) is 0.128. The molecule has 272 valence electrons. The van der Waals surface area contributed by atoms with Crippen LogP contribution in [0.3, 0.4) is 0 Å². The molecule has 8 nitrogen and oxygen atoms in total. The van der Waals surface area contributed by atoms with Crippen LogP contribution >= 0.6 is 0 Å². The van der Waals surface area contributed by atoms with Crippen molar-refractivity contribution in [1.29, 1.82) is 0 Å². The van der Waals surface area contributed by atoms with Gasteiger partial charge in [0.25, 0.3) is 0 Å². The van der Waals surface area contributed by atoms with E-state index in [9.17, 15) is 19.2 Å². The zero-order chi connectivity index (χ0) is 36.4. The Balaban J connectivity index is 0.000000320. The van der Waals surface area contributed by atoms with E-state index >= 15 is 0 Å². The van der Waals surface area contributed by atoms with E-state index in [2.05, 4.69) is 40.2 Å². The Kier molecular flexibility index (Phi) is 18.2. The van der Waals surface area contributed by atoms with Crippen molar-refractivity contribution in [2.45, 2.75) is 180 Å². The lowest BCUT2D eigenvalue weighted by atomic mass is 9.99. The van der Waals surface area contributed by atoms with Crippen LogP contribution in [0.4, 0.5) is 0 Å². The van der Waals surface area contributed by atoms with Crippen LogP contribution in [0.5, 0.6) is 0 Å². The fourth-order valence-electron chi connectivity index (χ4n) is 6.68. The van der Waals surface area contributed by atoms with Gasteiger partial charge in [0.15, 0.2) is 0 Å². The Morgan fingerprint density at radius 1 is 0.521 bits per heavy atom. The lowest BCUT2D eigenvalue weighted by molar-refractivity contribution is -0.155. The van der Waals surface area contributed by atoms with Gasteiger partial charge in [-0.3, -0.25) is 0 Å². The van der Waals surface area contributed by atoms with E-state index in [1.807, 2.05) is 13.8 Å². The third-order valence-electron chi connectivity index (χ3n) is 9.98. The standard InChI is InChI=1S/C11H18O2.2C10H16O2.C9H14O2/c1-4-11(7-5-6-8-11)13-10(12)9(2)3;1-8(2)9(11)12-10(3)6-4-5-7-10;1-3-9(11)12-10(4-2)7-5-6-8-10;1-3-8(10)11-9(2)6-4-5-7-9/h2,4-8H2,1,3H3;1,4-7H2,2-3H3;3H,1,4-8H2,2H3;3H,1,4-7H2,2H3. The van der Waals surface area contributed by atoms with E-state index < -0.39 is 0 Å². The monoisotopic (exact) mass is 672 g/mol. The lowest BCUT2D eigenvalue weighted by Gasteiger charge is -2.27. The molecule has 0 atom stereocenters. The Labute approximate surface area is 290 Å². The molecule has 0 bridgehead atoms. The largest absolute Gasteiger partial charge is 0.456 e. The van der Waals surface area contributed by atoms with Crippen molar-refractivity contribution in [3.63, 3.8) is 0 Å². The first-order valence-electron chi connectivity index (χ1n) is 18.0. The molecule has 4 aliphatic rings. The van der Waals surface area contributed by atoms with E-state index in [0.29, 0.717) is 11.1 Å². The summed E-state index contributed by atoms with van der Waals surface area (Å²) in [6, 6.07) is 0. The zero-order valence-corrected chi connectivity index (χ0v) is 31.0. The summed E-state index contributed by atoms with van der Waals surface area (Å²) >= 11 is 0. The average Bonchev–Trinajstić information content (AvgIpc) is 3.88. The van der Waals surface area contributed by atoms with Crippen LogP contribution in [0.15, 0.2) is 49.6 Å². The highest BCUT2D eigenvalue weighted by Crippen LogP contribution is 2.37. The first-order valence-corrected chi connectivity index (χ1v) is 18.0. The van der Waals surface area contributed by atoms with Gasteiger partial charge >= 0.3 is 23.9 Å². The molecule has 0 aromatic carbocycles. The maximum atomic E-state index is 11.3. The zero-order valence-electron chi connectivity index (χ0n) is 31.0. The van der Waals surface area contributed by atoms with Crippen LogP contribution in [0.25, 0.3) is 0 Å². The number of ether oxygens (including phenoxy) is 4. The van der Waals surface area contributed by atoms with Gasteiger partial charge in [-0.25, -0.2) is 19.2 Å². The number of rotatable bonds is 10. The summed E-state index contributed by atoms with van der Waals surface area (Å²) in [5, 5.41) is 0. The fraction of sp³-hybridized carbons (Fsp3) is 0.700. The molecule has 0 unspecified atom stereocenters. The molecule has 0 aliphatic heterocycles. The number of hydrogen-bond acceptors (Lipinski definition) is 8. The number of esters is 4. The van der Waals surface area contributed by atoms with Crippen LogP contribution in [-0.4, -0.2) is 46.3 Å². The molecule has 0 aromatic heterocycles. The molecule has 0 aromatic rings. The van der Waals surface area contributed by atoms with Gasteiger partial charge in [0.2, 0.25) is 0 Å². The van der Waals surface area contributed by atoms with E-state index in [0.717, 1.165) is 64.2 Å².